The number of aromatic hydroxyl groups is 2. The molecule has 548 valence electrons. The number of nitrogens with one attached hydrogen (secondary N) is 6. The fourth-order valence-electron chi connectivity index (χ4n) is 12.6. The molecule has 3 aliphatic heterocycles. The number of aliphatic carboxylic acids is 4. The van der Waals surface area contributed by atoms with Gasteiger partial charge < -0.3 is 72.2 Å². The molecule has 13 N–H and O–H groups in total. The Labute approximate surface area is 602 Å². The van der Waals surface area contributed by atoms with Crippen molar-refractivity contribution in [2.45, 2.75) is 127 Å². The number of fused-ring (bicyclic) bond motifs is 1. The average Bonchev–Trinajstić information content (AvgIpc) is 1.69. The third-order valence-corrected chi connectivity index (χ3v) is 20.7. The highest BCUT2D eigenvalue weighted by atomic mass is 35.5. The number of nitrogens with zero attached hydrogens (tertiary/aromatic N) is 5. The normalized spacial score (nSPS) is 22.8. The number of phenolic OH excluding ortho intramolecular Hbond substituents is 2. The molecule has 0 bridgehead atoms. The van der Waals surface area contributed by atoms with E-state index in [1.54, 1.807) is 58.0 Å². The van der Waals surface area contributed by atoms with Crippen molar-refractivity contribution in [2.24, 2.45) is 23.7 Å². The van der Waals surface area contributed by atoms with Crippen LogP contribution in [0.4, 0.5) is 5.69 Å². The van der Waals surface area contributed by atoms with Gasteiger partial charge >= 0.3 is 23.9 Å². The number of thiocarbonyl (C=S) groups is 1. The molecule has 3 aliphatic rings. The second kappa shape index (κ2) is 38.7. The number of phenols is 2. The van der Waals surface area contributed by atoms with Gasteiger partial charge in [0.15, 0.2) is 22.5 Å². The lowest BCUT2D eigenvalue weighted by molar-refractivity contribution is -0.142. The predicted molar refractivity (Wildman–Crippen MR) is 379 cm³/mol. The van der Waals surface area contributed by atoms with Crippen LogP contribution >= 0.6 is 45.4 Å². The Kier molecular flexibility index (Phi) is 30.7. The zero-order valence-corrected chi connectivity index (χ0v) is 59.4. The third-order valence-electron chi connectivity index (χ3n) is 17.6. The number of aromatic amines is 1. The van der Waals surface area contributed by atoms with Crippen LogP contribution in [0.2, 0.25) is 5.02 Å². The van der Waals surface area contributed by atoms with Crippen molar-refractivity contribution in [1.29, 1.82) is 0 Å². The Bertz CT molecular complexity index is 3580. The number of hydrogen-bond donors (Lipinski definition) is 13. The summed E-state index contributed by atoms with van der Waals surface area (Å²) >= 11 is 12.1. The number of anilines is 1. The second-order valence-corrected chi connectivity index (χ2v) is 29.7. The van der Waals surface area contributed by atoms with E-state index in [0.717, 1.165) is 21.3 Å². The van der Waals surface area contributed by atoms with Crippen LogP contribution < -0.4 is 26.6 Å². The molecular formula is C68H88ClN11O18S3. The molecule has 0 aliphatic carbocycles. The molecule has 29 nitrogen and oxygen atoms in total. The maximum absolute atomic E-state index is 15.3. The van der Waals surface area contributed by atoms with Crippen molar-refractivity contribution in [3.05, 3.63) is 107 Å². The van der Waals surface area contributed by atoms with Crippen LogP contribution in [-0.4, -0.2) is 248 Å². The molecule has 3 fully saturated rings. The van der Waals surface area contributed by atoms with Gasteiger partial charge in [0.1, 0.15) is 17.5 Å². The Morgan fingerprint density at radius 2 is 1.37 bits per heavy atom. The summed E-state index contributed by atoms with van der Waals surface area (Å²) in [6.45, 7) is 5.06. The maximum atomic E-state index is 15.3. The Hall–Kier alpha value is -8.24. The monoisotopic (exact) mass is 1480 g/mol. The van der Waals surface area contributed by atoms with Crippen LogP contribution in [-0.2, 0) is 78.4 Å². The predicted octanol–water partition coefficient (Wildman–Crippen LogP) is 3.02. The number of H-pyrrole nitrogens is 1. The van der Waals surface area contributed by atoms with Crippen LogP contribution in [0.15, 0.2) is 79.3 Å². The first kappa shape index (κ1) is 80.1. The molecule has 4 heterocycles. The molecule has 4 amide bonds. The highest BCUT2D eigenvalue weighted by molar-refractivity contribution is 8.76. The molecule has 0 saturated carbocycles. The van der Waals surface area contributed by atoms with Crippen molar-refractivity contribution >= 4 is 121 Å². The molecule has 0 radical (unpaired) electrons. The highest BCUT2D eigenvalue weighted by Gasteiger charge is 2.44. The number of ketones is 3. The number of carboxylic acid groups (broad SMARTS) is 4. The number of carbonyl (C=O) groups is 11. The first-order chi connectivity index (χ1) is 47.9. The smallest absolute Gasteiger partial charge is 0.317 e. The molecule has 10 atom stereocenters. The van der Waals surface area contributed by atoms with E-state index in [1.165, 1.54) is 53.6 Å². The number of Topliss-reactive ketones (excluding diaryl/α,β-unsaturated/α-hetero) is 3. The van der Waals surface area contributed by atoms with E-state index in [0.29, 0.717) is 22.5 Å². The highest BCUT2D eigenvalue weighted by Crippen LogP contribution is 2.31. The summed E-state index contributed by atoms with van der Waals surface area (Å²) < 4.78 is 0. The summed E-state index contributed by atoms with van der Waals surface area (Å²) in [6.07, 6.45) is -0.899. The summed E-state index contributed by atoms with van der Waals surface area (Å²) in [7, 11) is 2.40. The van der Waals surface area contributed by atoms with Gasteiger partial charge in [-0.05, 0) is 104 Å². The number of aromatic nitrogens is 2. The van der Waals surface area contributed by atoms with E-state index in [-0.39, 0.29) is 136 Å². The van der Waals surface area contributed by atoms with Gasteiger partial charge in [-0.1, -0.05) is 77.4 Å². The molecule has 1 unspecified atom stereocenters. The van der Waals surface area contributed by atoms with E-state index < -0.39 is 151 Å². The van der Waals surface area contributed by atoms with Crippen LogP contribution in [0, 0.1) is 23.7 Å². The van der Waals surface area contributed by atoms with Crippen LogP contribution in [0.5, 0.6) is 11.5 Å². The molecule has 3 aromatic carbocycles. The topological polar surface area (TPSA) is 431 Å². The lowest BCUT2D eigenvalue weighted by Gasteiger charge is -2.33. The van der Waals surface area contributed by atoms with E-state index in [9.17, 15) is 74.1 Å². The molecule has 1 aromatic heterocycles. The number of hydrogen-bond acceptors (Lipinski definition) is 21. The number of halogens is 1. The van der Waals surface area contributed by atoms with E-state index >= 15 is 14.4 Å². The zero-order chi connectivity index (χ0) is 73.6. The molecular weight excluding hydrogens is 1390 g/mol. The Balaban J connectivity index is 1.15. The first-order valence-corrected chi connectivity index (χ1v) is 36.4. The van der Waals surface area contributed by atoms with Gasteiger partial charge in [0.05, 0.1) is 67.6 Å². The van der Waals surface area contributed by atoms with Crippen molar-refractivity contribution in [3.8, 4) is 11.5 Å². The number of aliphatic hydroxyl groups is 1. The Morgan fingerprint density at radius 1 is 0.733 bits per heavy atom. The number of carboxylic acids is 4. The average molecular weight is 1480 g/mol. The van der Waals surface area contributed by atoms with Gasteiger partial charge in [-0.15, -0.1) is 0 Å². The summed E-state index contributed by atoms with van der Waals surface area (Å²) in [4.78, 5) is 164. The standard InChI is InChI=1S/C68H88ClN11O18S3/c1-38(2)18-43-24-58(85)53(28-60(87)88)74-65(96)44(19-42-8-13-56(83)51(69)21-42)26-59(86)55-27-50(82)31-80(55)67(98)54(36-101-100-35-39(3)72-64(43)95)75-66(97)45(23-47-29-70-37-71-47)25-57(84)52(22-41-6-11-49(81)12-7-41)76-68(99)73-46-9-4-40(5-10-46)20-48-30-78(33-62(91)92)15-14-77(32-61(89)90)16-17-79(48)34-63(93)94/h4-13,21,29,37-39,43-45,48,50,52-55,81-83H,14-20,22-28,30-36H2,1-3H3,(H,70,71)(H,72,95)(H,74,96)(H,75,97)(H,87,88)(H,89,90)(H,91,92)(H,93,94)(H2,73,76,99)/t39-,43-,44-,45-,48?,50-,52+,53+,54+,55+/m1/s1. The van der Waals surface area contributed by atoms with Crippen LogP contribution in [0.3, 0.4) is 0 Å². The van der Waals surface area contributed by atoms with Crippen molar-refractivity contribution < 1.29 is 88.5 Å². The zero-order valence-electron chi connectivity index (χ0n) is 56.2. The minimum Gasteiger partial charge on any atom is -0.508 e. The van der Waals surface area contributed by atoms with Gasteiger partial charge in [0.2, 0.25) is 23.6 Å². The lowest BCUT2D eigenvalue weighted by atomic mass is 9.88. The number of amides is 4. The van der Waals surface area contributed by atoms with E-state index in [1.807, 2.05) is 13.8 Å². The number of imidazole rings is 1. The Morgan fingerprint density at radius 3 is 2.02 bits per heavy atom. The van der Waals surface area contributed by atoms with E-state index in [2.05, 4.69) is 36.6 Å². The van der Waals surface area contributed by atoms with E-state index in [4.69, 9.17) is 23.8 Å². The molecule has 101 heavy (non-hydrogen) atoms. The number of rotatable bonds is 25. The fraction of sp³-hybridized carbons (Fsp3) is 0.515. The quantitative estimate of drug-likeness (QED) is 0.0335. The molecule has 33 heteroatoms. The largest absolute Gasteiger partial charge is 0.508 e. The van der Waals surface area contributed by atoms with Crippen LogP contribution in [0.1, 0.15) is 81.7 Å². The van der Waals surface area contributed by atoms with Gasteiger partial charge in [0, 0.05) is 124 Å². The van der Waals surface area contributed by atoms with Crippen molar-refractivity contribution in [2.75, 3.05) is 75.7 Å². The number of carbonyl (C=O) groups excluding carboxylic acids is 7. The lowest BCUT2D eigenvalue weighted by Crippen LogP contribution is -2.54. The van der Waals surface area contributed by atoms with Gasteiger partial charge in [-0.3, -0.25) is 67.4 Å². The number of aliphatic hydroxyl groups excluding tert-OH is 1. The van der Waals surface area contributed by atoms with Crippen LogP contribution in [0.25, 0.3) is 0 Å². The molecule has 4 aromatic rings. The first-order valence-electron chi connectivity index (χ1n) is 33.1. The van der Waals surface area contributed by atoms with Crippen molar-refractivity contribution in [3.63, 3.8) is 0 Å². The SMILES string of the molecule is CC(C)C[C@@H]1CC(=O)[C@H](CC(=O)O)NC(=O)[C@H](Cc2ccc(O)c(Cl)c2)CC(=O)[C@@H]2C[C@@H](O)CN2C(=O)[C@@H](NC(=O)[C@@H](CC(=O)[C@H](Cc2ccc(O)cc2)NC(=S)Nc2ccc(CC3CN(CC(=O)O)CCN(CC(=O)O)CCN3CC(=O)O)cc2)Cc2cnc[nH]2)CSSC[C@@H](C)NC1=O. The molecule has 3 saturated heterocycles. The van der Waals surface area contributed by atoms with Gasteiger partial charge in [-0.2, -0.15) is 0 Å². The summed E-state index contributed by atoms with van der Waals surface area (Å²) in [5.74, 6) is -13.5. The summed E-state index contributed by atoms with van der Waals surface area (Å²) in [6, 6.07) is 10.5. The second-order valence-electron chi connectivity index (χ2n) is 26.3. The third kappa shape index (κ3) is 26.0. The van der Waals surface area contributed by atoms with Gasteiger partial charge in [-0.25, -0.2) is 4.98 Å². The maximum Gasteiger partial charge on any atom is 0.317 e. The summed E-state index contributed by atoms with van der Waals surface area (Å²) in [5, 5.41) is 85.4. The minimum atomic E-state index is -1.63. The fourth-order valence-corrected chi connectivity index (χ4v) is 15.5. The molecule has 0 spiro atoms. The molecule has 7 rings (SSSR count). The number of benzene rings is 3. The van der Waals surface area contributed by atoms with Crippen molar-refractivity contribution in [1.82, 2.24) is 50.8 Å². The minimum absolute atomic E-state index is 0.00928. The van der Waals surface area contributed by atoms with Gasteiger partial charge in [0.25, 0.3) is 0 Å². The summed E-state index contributed by atoms with van der Waals surface area (Å²) in [5.41, 5.74) is 2.61.